The van der Waals surface area contributed by atoms with E-state index in [0.717, 1.165) is 0 Å². The van der Waals surface area contributed by atoms with Crippen LogP contribution in [0.25, 0.3) is 0 Å². The minimum Gasteiger partial charge on any atom is -0.311 e. The van der Waals surface area contributed by atoms with Gasteiger partial charge in [-0.15, -0.1) is 0 Å². The highest BCUT2D eigenvalue weighted by molar-refractivity contribution is 7.01. The average molecular weight is 823 g/mol. The standard InChI is InChI=1S/C60H63BN2/c1-38-31-50-55-51(32-38)63(46-34-42(57(5,6)7)33-43(35-46)58(8,9)10)49-26-20-25-47-53(49)61(55)54-48(60(47,40-21-16-14-17-22-40)41-23-18-15-19-24-41)36-44(59(11,12)13)37-52(54)62(50)45-29-27-39(28-30-45)56(2,3)4/h14-37H,1-13H3. The molecule has 0 bridgehead atoms. The van der Waals surface area contributed by atoms with Gasteiger partial charge in [0.25, 0.3) is 6.71 Å². The predicted octanol–water partition coefficient (Wildman–Crippen LogP) is 14.0. The van der Waals surface area contributed by atoms with E-state index in [0.29, 0.717) is 0 Å². The smallest absolute Gasteiger partial charge is 0.253 e. The molecule has 3 aliphatic heterocycles. The van der Waals surface area contributed by atoms with Crippen molar-refractivity contribution in [2.24, 2.45) is 0 Å². The number of aryl methyl sites for hydroxylation is 1. The Morgan fingerprint density at radius 3 is 1.33 bits per heavy atom. The topological polar surface area (TPSA) is 6.48 Å². The molecule has 0 saturated heterocycles. The Hall–Kier alpha value is -5.80. The second kappa shape index (κ2) is 13.9. The number of hydrogen-bond acceptors (Lipinski definition) is 2. The van der Waals surface area contributed by atoms with Gasteiger partial charge in [-0.25, -0.2) is 0 Å². The molecule has 3 aliphatic rings. The molecule has 0 unspecified atom stereocenters. The molecular formula is C60H63BN2. The van der Waals surface area contributed by atoms with Crippen molar-refractivity contribution in [1.82, 2.24) is 0 Å². The van der Waals surface area contributed by atoms with Crippen molar-refractivity contribution in [2.75, 3.05) is 9.80 Å². The molecule has 0 aromatic heterocycles. The molecule has 3 heterocycles. The molecule has 7 aromatic carbocycles. The zero-order chi connectivity index (χ0) is 44.6. The van der Waals surface area contributed by atoms with Crippen LogP contribution in [0.5, 0.6) is 0 Å². The highest BCUT2D eigenvalue weighted by atomic mass is 15.2. The van der Waals surface area contributed by atoms with Gasteiger partial charge in [0.15, 0.2) is 0 Å². The summed E-state index contributed by atoms with van der Waals surface area (Å²) in [6.07, 6.45) is 0. The summed E-state index contributed by atoms with van der Waals surface area (Å²) in [6.45, 7) is 30.5. The van der Waals surface area contributed by atoms with Gasteiger partial charge in [0.1, 0.15) is 0 Å². The molecule has 0 radical (unpaired) electrons. The van der Waals surface area contributed by atoms with E-state index < -0.39 is 5.41 Å². The quantitative estimate of drug-likeness (QED) is 0.163. The summed E-state index contributed by atoms with van der Waals surface area (Å²) >= 11 is 0. The van der Waals surface area contributed by atoms with Crippen LogP contribution in [0.3, 0.4) is 0 Å². The van der Waals surface area contributed by atoms with Gasteiger partial charge in [-0.3, -0.25) is 0 Å². The zero-order valence-corrected chi connectivity index (χ0v) is 39.8. The molecule has 3 heteroatoms. The summed E-state index contributed by atoms with van der Waals surface area (Å²) in [5.74, 6) is 0. The minimum atomic E-state index is -0.604. The van der Waals surface area contributed by atoms with E-state index in [9.17, 15) is 0 Å². The first-order valence-corrected chi connectivity index (χ1v) is 23.1. The summed E-state index contributed by atoms with van der Waals surface area (Å²) in [7, 11) is 0. The van der Waals surface area contributed by atoms with E-state index >= 15 is 0 Å². The molecule has 0 atom stereocenters. The van der Waals surface area contributed by atoms with E-state index in [-0.39, 0.29) is 28.4 Å². The molecule has 0 fully saturated rings. The molecule has 10 rings (SSSR count). The van der Waals surface area contributed by atoms with Crippen molar-refractivity contribution in [3.05, 3.63) is 196 Å². The van der Waals surface area contributed by atoms with E-state index in [1.165, 1.54) is 101 Å². The predicted molar refractivity (Wildman–Crippen MR) is 272 cm³/mol. The monoisotopic (exact) mass is 823 g/mol. The molecule has 0 aliphatic carbocycles. The van der Waals surface area contributed by atoms with Gasteiger partial charge >= 0.3 is 0 Å². The third-order valence-corrected chi connectivity index (χ3v) is 14.3. The summed E-state index contributed by atoms with van der Waals surface area (Å²) in [5.41, 5.74) is 22.9. The molecular weight excluding hydrogens is 759 g/mol. The molecule has 0 amide bonds. The van der Waals surface area contributed by atoms with Gasteiger partial charge in [0.2, 0.25) is 0 Å². The van der Waals surface area contributed by atoms with Gasteiger partial charge in [0.05, 0.1) is 5.41 Å². The Kier molecular flexibility index (Phi) is 9.06. The highest BCUT2D eigenvalue weighted by Crippen LogP contribution is 2.54. The van der Waals surface area contributed by atoms with Crippen LogP contribution in [0.15, 0.2) is 146 Å². The Bertz CT molecular complexity index is 2860. The molecule has 7 aromatic rings. The maximum Gasteiger partial charge on any atom is 0.253 e. The third-order valence-electron chi connectivity index (χ3n) is 14.3. The number of hydrogen-bond donors (Lipinski definition) is 0. The second-order valence-electron chi connectivity index (χ2n) is 22.8. The number of rotatable bonds is 4. The first kappa shape index (κ1) is 41.2. The first-order valence-electron chi connectivity index (χ1n) is 23.1. The number of benzene rings is 7. The van der Waals surface area contributed by atoms with Crippen LogP contribution < -0.4 is 26.2 Å². The summed E-state index contributed by atoms with van der Waals surface area (Å²) in [4.78, 5) is 5.28. The van der Waals surface area contributed by atoms with Crippen molar-refractivity contribution < 1.29 is 0 Å². The van der Waals surface area contributed by atoms with E-state index in [4.69, 9.17) is 0 Å². The van der Waals surface area contributed by atoms with Crippen LogP contribution in [0.2, 0.25) is 0 Å². The lowest BCUT2D eigenvalue weighted by Crippen LogP contribution is -2.68. The lowest BCUT2D eigenvalue weighted by molar-refractivity contribution is 0.569. The van der Waals surface area contributed by atoms with Gasteiger partial charge in [-0.05, 0) is 144 Å². The molecule has 0 spiro atoms. The third kappa shape index (κ3) is 6.28. The molecule has 63 heavy (non-hydrogen) atoms. The van der Waals surface area contributed by atoms with Gasteiger partial charge in [-0.2, -0.15) is 0 Å². The minimum absolute atomic E-state index is 0.0237. The van der Waals surface area contributed by atoms with E-state index in [1.54, 1.807) is 0 Å². The van der Waals surface area contributed by atoms with Crippen LogP contribution in [0, 0.1) is 6.92 Å². The van der Waals surface area contributed by atoms with Crippen LogP contribution >= 0.6 is 0 Å². The Morgan fingerprint density at radius 1 is 0.365 bits per heavy atom. The van der Waals surface area contributed by atoms with Crippen LogP contribution in [0.1, 0.15) is 133 Å². The molecule has 2 nitrogen and oxygen atoms in total. The summed E-state index contributed by atoms with van der Waals surface area (Å²) in [5, 5.41) is 0. The normalized spacial score (nSPS) is 15.1. The lowest BCUT2D eigenvalue weighted by atomic mass is 9.27. The largest absolute Gasteiger partial charge is 0.311 e. The van der Waals surface area contributed by atoms with Crippen molar-refractivity contribution in [2.45, 2.75) is 117 Å². The summed E-state index contributed by atoms with van der Waals surface area (Å²) in [6, 6.07) is 57.0. The van der Waals surface area contributed by atoms with Crippen LogP contribution in [-0.4, -0.2) is 6.71 Å². The van der Waals surface area contributed by atoms with Gasteiger partial charge in [0, 0.05) is 34.1 Å². The molecule has 316 valence electrons. The van der Waals surface area contributed by atoms with Crippen LogP contribution in [-0.2, 0) is 27.1 Å². The maximum absolute atomic E-state index is 2.65. The van der Waals surface area contributed by atoms with E-state index in [1.807, 2.05) is 0 Å². The lowest BCUT2D eigenvalue weighted by Gasteiger charge is -2.53. The van der Waals surface area contributed by atoms with Crippen molar-refractivity contribution in [3.63, 3.8) is 0 Å². The zero-order valence-electron chi connectivity index (χ0n) is 39.8. The highest BCUT2D eigenvalue weighted by Gasteiger charge is 2.55. The van der Waals surface area contributed by atoms with Gasteiger partial charge in [-0.1, -0.05) is 180 Å². The fraction of sp³-hybridized carbons (Fsp3) is 0.300. The maximum atomic E-state index is 2.65. The molecule has 0 saturated carbocycles. The second-order valence-corrected chi connectivity index (χ2v) is 22.8. The van der Waals surface area contributed by atoms with Gasteiger partial charge < -0.3 is 9.80 Å². The Morgan fingerprint density at radius 2 is 0.825 bits per heavy atom. The fourth-order valence-electron chi connectivity index (χ4n) is 10.9. The Labute approximate surface area is 378 Å². The van der Waals surface area contributed by atoms with Crippen LogP contribution in [0.4, 0.5) is 34.1 Å². The number of nitrogens with zero attached hydrogens (tertiary/aromatic N) is 2. The van der Waals surface area contributed by atoms with Crippen molar-refractivity contribution in [3.8, 4) is 0 Å². The van der Waals surface area contributed by atoms with Crippen molar-refractivity contribution >= 4 is 57.2 Å². The fourth-order valence-corrected chi connectivity index (χ4v) is 10.9. The van der Waals surface area contributed by atoms with Crippen molar-refractivity contribution in [1.29, 1.82) is 0 Å². The van der Waals surface area contributed by atoms with E-state index in [2.05, 4.69) is 245 Å². The number of anilines is 6. The summed E-state index contributed by atoms with van der Waals surface area (Å²) < 4.78 is 0. The SMILES string of the molecule is Cc1cc2c3c(c1)N(c1ccc(C(C)(C)C)cc1)c1cc(C(C)(C)C)cc4c1B3c1c(cccc1C4(c1ccccc1)c1ccccc1)N2c1cc(C(C)(C)C)cc(C(C)(C)C)c1. The molecule has 0 N–H and O–H groups in total. The average Bonchev–Trinajstić information content (AvgIpc) is 3.23. The first-order chi connectivity index (χ1) is 29.7. The Balaban J connectivity index is 1.42.